The number of hydrogen-bond donors (Lipinski definition) is 1. The fraction of sp³-hybridized carbons (Fsp3) is 0.385. The molecule has 0 radical (unpaired) electrons. The fourth-order valence-electron chi connectivity index (χ4n) is 1.78. The van der Waals surface area contributed by atoms with Crippen molar-refractivity contribution >= 4 is 23.2 Å². The van der Waals surface area contributed by atoms with Gasteiger partial charge in [0.05, 0.1) is 10.7 Å². The van der Waals surface area contributed by atoms with Crippen LogP contribution in [0, 0.1) is 6.92 Å². The Kier molecular flexibility index (Phi) is 4.34. The highest BCUT2D eigenvalue weighted by Crippen LogP contribution is 2.22. The Hall–Kier alpha value is -1.95. The molecular weight excluding hydrogens is 278 g/mol. The number of nitrogens with zero attached hydrogens (tertiary/aromatic N) is 4. The topological polar surface area (TPSA) is 72.7 Å². The van der Waals surface area contributed by atoms with Gasteiger partial charge in [-0.25, -0.2) is 4.68 Å². The summed E-state index contributed by atoms with van der Waals surface area (Å²) < 4.78 is 1.49. The molecule has 0 saturated heterocycles. The van der Waals surface area contributed by atoms with E-state index in [0.717, 1.165) is 5.56 Å². The molecule has 2 aromatic rings. The maximum absolute atomic E-state index is 12.0. The summed E-state index contributed by atoms with van der Waals surface area (Å²) in [5.74, 6) is 0.612. The number of nitrogens with one attached hydrogen (secondary N) is 1. The average Bonchev–Trinajstić information content (AvgIpc) is 2.81. The molecule has 0 aliphatic rings. The summed E-state index contributed by atoms with van der Waals surface area (Å²) in [4.78, 5) is 12.0. The van der Waals surface area contributed by atoms with E-state index in [2.05, 4.69) is 20.8 Å². The quantitative estimate of drug-likeness (QED) is 0.939. The summed E-state index contributed by atoms with van der Waals surface area (Å²) in [6, 6.07) is 5.46. The van der Waals surface area contributed by atoms with Crippen LogP contribution in [0.2, 0.25) is 5.02 Å². The van der Waals surface area contributed by atoms with E-state index in [1.54, 1.807) is 12.1 Å². The second-order valence-electron chi connectivity index (χ2n) is 4.88. The lowest BCUT2D eigenvalue weighted by molar-refractivity contribution is -0.117. The molecule has 106 valence electrons. The summed E-state index contributed by atoms with van der Waals surface area (Å²) in [6.07, 6.45) is 0. The third-order valence-corrected chi connectivity index (χ3v) is 3.08. The lowest BCUT2D eigenvalue weighted by atomic mass is 10.2. The van der Waals surface area contributed by atoms with E-state index in [-0.39, 0.29) is 18.4 Å². The molecule has 1 aromatic heterocycles. The van der Waals surface area contributed by atoms with Gasteiger partial charge >= 0.3 is 0 Å². The number of benzene rings is 1. The molecule has 0 fully saturated rings. The Morgan fingerprint density at radius 3 is 2.85 bits per heavy atom. The number of carbonyl (C=O) groups is 1. The predicted octanol–water partition coefficient (Wildman–Crippen LogP) is 2.40. The van der Waals surface area contributed by atoms with Gasteiger partial charge in [-0.05, 0) is 35.0 Å². The molecule has 0 aliphatic heterocycles. The van der Waals surface area contributed by atoms with Gasteiger partial charge in [0.15, 0.2) is 5.82 Å². The lowest BCUT2D eigenvalue weighted by Crippen LogP contribution is -2.21. The SMILES string of the molecule is Cc1ccc(NC(=O)Cn2nnnc2C(C)C)c(Cl)c1. The Labute approximate surface area is 122 Å². The van der Waals surface area contributed by atoms with Gasteiger partial charge in [-0.15, -0.1) is 5.10 Å². The van der Waals surface area contributed by atoms with E-state index >= 15 is 0 Å². The molecule has 1 amide bonds. The number of hydrogen-bond acceptors (Lipinski definition) is 4. The van der Waals surface area contributed by atoms with Crippen LogP contribution in [0.4, 0.5) is 5.69 Å². The van der Waals surface area contributed by atoms with Crippen molar-refractivity contribution in [3.63, 3.8) is 0 Å². The number of carbonyl (C=O) groups excluding carboxylic acids is 1. The number of anilines is 1. The minimum atomic E-state index is -0.218. The van der Waals surface area contributed by atoms with E-state index in [0.29, 0.717) is 16.5 Å². The molecule has 0 atom stereocenters. The number of aryl methyl sites for hydroxylation is 1. The summed E-state index contributed by atoms with van der Waals surface area (Å²) in [5.41, 5.74) is 1.62. The van der Waals surface area contributed by atoms with E-state index < -0.39 is 0 Å². The zero-order valence-electron chi connectivity index (χ0n) is 11.6. The third kappa shape index (κ3) is 3.33. The summed E-state index contributed by atoms with van der Waals surface area (Å²) in [5, 5.41) is 14.6. The highest BCUT2D eigenvalue weighted by Gasteiger charge is 2.14. The molecule has 7 heteroatoms. The predicted molar refractivity (Wildman–Crippen MR) is 76.7 cm³/mol. The normalized spacial score (nSPS) is 10.8. The molecule has 1 aromatic carbocycles. The second kappa shape index (κ2) is 6.00. The van der Waals surface area contributed by atoms with Gasteiger partial charge in [-0.3, -0.25) is 4.79 Å². The zero-order valence-corrected chi connectivity index (χ0v) is 12.3. The van der Waals surface area contributed by atoms with Gasteiger partial charge in [0.1, 0.15) is 6.54 Å². The van der Waals surface area contributed by atoms with Crippen LogP contribution in [0.1, 0.15) is 31.2 Å². The van der Waals surface area contributed by atoms with E-state index in [4.69, 9.17) is 11.6 Å². The number of halogens is 1. The van der Waals surface area contributed by atoms with Crippen molar-refractivity contribution in [1.82, 2.24) is 20.2 Å². The third-order valence-electron chi connectivity index (χ3n) is 2.77. The van der Waals surface area contributed by atoms with Crippen molar-refractivity contribution in [2.24, 2.45) is 0 Å². The van der Waals surface area contributed by atoms with E-state index in [1.807, 2.05) is 26.8 Å². The standard InChI is InChI=1S/C13H16ClN5O/c1-8(2)13-16-17-18-19(13)7-12(20)15-11-5-4-9(3)6-10(11)14/h4-6,8H,7H2,1-3H3,(H,15,20). The Balaban J connectivity index is 2.07. The van der Waals surface area contributed by atoms with Crippen LogP contribution < -0.4 is 5.32 Å². The first-order valence-electron chi connectivity index (χ1n) is 6.29. The van der Waals surface area contributed by atoms with Crippen molar-refractivity contribution in [1.29, 1.82) is 0 Å². The summed E-state index contributed by atoms with van der Waals surface area (Å²) >= 11 is 6.08. The highest BCUT2D eigenvalue weighted by molar-refractivity contribution is 6.33. The molecule has 0 spiro atoms. The van der Waals surface area contributed by atoms with Crippen molar-refractivity contribution in [2.75, 3.05) is 5.32 Å². The van der Waals surface area contributed by atoms with Crippen LogP contribution in [-0.2, 0) is 11.3 Å². The molecule has 0 aliphatic carbocycles. The van der Waals surface area contributed by atoms with Gasteiger partial charge in [0.25, 0.3) is 0 Å². The maximum atomic E-state index is 12.0. The van der Waals surface area contributed by atoms with Gasteiger partial charge in [-0.2, -0.15) is 0 Å². The first-order valence-corrected chi connectivity index (χ1v) is 6.67. The number of amides is 1. The first-order chi connectivity index (χ1) is 9.47. The Morgan fingerprint density at radius 1 is 1.45 bits per heavy atom. The van der Waals surface area contributed by atoms with Crippen molar-refractivity contribution in [3.05, 3.63) is 34.6 Å². The number of aromatic nitrogens is 4. The maximum Gasteiger partial charge on any atom is 0.246 e. The summed E-state index contributed by atoms with van der Waals surface area (Å²) in [7, 11) is 0. The van der Waals surface area contributed by atoms with Crippen LogP contribution in [0.25, 0.3) is 0 Å². The number of rotatable bonds is 4. The molecule has 1 heterocycles. The van der Waals surface area contributed by atoms with Crippen LogP contribution in [0.15, 0.2) is 18.2 Å². The van der Waals surface area contributed by atoms with E-state index in [9.17, 15) is 4.79 Å². The fourth-order valence-corrected chi connectivity index (χ4v) is 2.07. The van der Waals surface area contributed by atoms with Gasteiger partial charge < -0.3 is 5.32 Å². The molecule has 0 unspecified atom stereocenters. The van der Waals surface area contributed by atoms with Gasteiger partial charge in [0, 0.05) is 5.92 Å². The second-order valence-corrected chi connectivity index (χ2v) is 5.29. The molecule has 0 bridgehead atoms. The largest absolute Gasteiger partial charge is 0.323 e. The van der Waals surface area contributed by atoms with Crippen molar-refractivity contribution in [2.45, 2.75) is 33.2 Å². The van der Waals surface area contributed by atoms with E-state index in [1.165, 1.54) is 4.68 Å². The minimum Gasteiger partial charge on any atom is -0.323 e. The Morgan fingerprint density at radius 2 is 2.20 bits per heavy atom. The molecule has 2 rings (SSSR count). The lowest BCUT2D eigenvalue weighted by Gasteiger charge is -2.09. The molecule has 0 saturated carbocycles. The first kappa shape index (κ1) is 14.5. The monoisotopic (exact) mass is 293 g/mol. The minimum absolute atomic E-state index is 0.0602. The highest BCUT2D eigenvalue weighted by atomic mass is 35.5. The molecule has 20 heavy (non-hydrogen) atoms. The van der Waals surface area contributed by atoms with Crippen LogP contribution in [-0.4, -0.2) is 26.1 Å². The molecular formula is C13H16ClN5O. The smallest absolute Gasteiger partial charge is 0.246 e. The number of tetrazole rings is 1. The van der Waals surface area contributed by atoms with Gasteiger partial charge in [-0.1, -0.05) is 31.5 Å². The van der Waals surface area contributed by atoms with Crippen LogP contribution in [0.5, 0.6) is 0 Å². The van der Waals surface area contributed by atoms with Gasteiger partial charge in [0.2, 0.25) is 5.91 Å². The van der Waals surface area contributed by atoms with Crippen LogP contribution >= 0.6 is 11.6 Å². The zero-order chi connectivity index (χ0) is 14.7. The van der Waals surface area contributed by atoms with Crippen LogP contribution in [0.3, 0.4) is 0 Å². The summed E-state index contributed by atoms with van der Waals surface area (Å²) in [6.45, 7) is 5.94. The Bertz CT molecular complexity index is 623. The van der Waals surface area contributed by atoms with Crippen molar-refractivity contribution in [3.8, 4) is 0 Å². The molecule has 6 nitrogen and oxygen atoms in total. The average molecular weight is 294 g/mol. The van der Waals surface area contributed by atoms with Crippen molar-refractivity contribution < 1.29 is 4.79 Å². The molecule has 1 N–H and O–H groups in total.